The average molecular weight is 256 g/mol. The van der Waals surface area contributed by atoms with Crippen LogP contribution >= 0.6 is 15.9 Å². The topological polar surface area (TPSA) is 43.1 Å². The Labute approximate surface area is 92.6 Å². The van der Waals surface area contributed by atoms with Crippen LogP contribution in [0.3, 0.4) is 0 Å². The van der Waals surface area contributed by atoms with Gasteiger partial charge in [0.1, 0.15) is 0 Å². The molecule has 0 amide bonds. The number of rotatable bonds is 2. The third kappa shape index (κ3) is 2.04. The molecule has 1 aromatic rings. The van der Waals surface area contributed by atoms with Gasteiger partial charge in [-0.3, -0.25) is 4.79 Å². The van der Waals surface area contributed by atoms with E-state index in [1.165, 1.54) is 0 Å². The summed E-state index contributed by atoms with van der Waals surface area (Å²) in [4.78, 5) is 11.7. The molecule has 1 aromatic carbocycles. The predicted molar refractivity (Wildman–Crippen MR) is 61.6 cm³/mol. The molecule has 2 N–H and O–H groups in total. The van der Waals surface area contributed by atoms with Crippen molar-refractivity contribution in [2.45, 2.75) is 26.8 Å². The second-order valence-corrected chi connectivity index (χ2v) is 4.31. The van der Waals surface area contributed by atoms with Crippen LogP contribution in [0.15, 0.2) is 16.6 Å². The molecule has 0 aliphatic heterocycles. The molecule has 0 saturated carbocycles. The van der Waals surface area contributed by atoms with Crippen LogP contribution in [0.25, 0.3) is 0 Å². The molecule has 1 atom stereocenters. The van der Waals surface area contributed by atoms with Crippen molar-refractivity contribution in [3.05, 3.63) is 33.3 Å². The van der Waals surface area contributed by atoms with E-state index in [1.807, 2.05) is 26.0 Å². The van der Waals surface area contributed by atoms with Crippen molar-refractivity contribution in [1.29, 1.82) is 0 Å². The summed E-state index contributed by atoms with van der Waals surface area (Å²) in [6.45, 7) is 5.62. The van der Waals surface area contributed by atoms with Crippen molar-refractivity contribution >= 4 is 21.7 Å². The van der Waals surface area contributed by atoms with Crippen LogP contribution in [0.2, 0.25) is 0 Å². The van der Waals surface area contributed by atoms with Crippen LogP contribution in [0, 0.1) is 13.8 Å². The SMILES string of the molecule is Cc1ccc(C(=O)C(C)N)c(C)c1Br. The predicted octanol–water partition coefficient (Wildman–Crippen LogP) is 2.60. The molecule has 0 radical (unpaired) electrons. The number of aryl methyl sites for hydroxylation is 1. The summed E-state index contributed by atoms with van der Waals surface area (Å²) in [5.41, 5.74) is 8.36. The molecule has 0 aliphatic carbocycles. The Morgan fingerprint density at radius 2 is 2.00 bits per heavy atom. The van der Waals surface area contributed by atoms with Gasteiger partial charge < -0.3 is 5.73 Å². The number of halogens is 1. The number of Topliss-reactive ketones (excluding diaryl/α,β-unsaturated/α-hetero) is 1. The molecule has 0 spiro atoms. The van der Waals surface area contributed by atoms with Gasteiger partial charge in [0.2, 0.25) is 0 Å². The van der Waals surface area contributed by atoms with Crippen molar-refractivity contribution in [1.82, 2.24) is 0 Å². The van der Waals surface area contributed by atoms with E-state index in [0.29, 0.717) is 5.56 Å². The Morgan fingerprint density at radius 3 is 2.50 bits per heavy atom. The zero-order valence-corrected chi connectivity index (χ0v) is 10.2. The van der Waals surface area contributed by atoms with Crippen molar-refractivity contribution in [2.75, 3.05) is 0 Å². The molecule has 0 aromatic heterocycles. The van der Waals surface area contributed by atoms with Gasteiger partial charge in [-0.25, -0.2) is 0 Å². The monoisotopic (exact) mass is 255 g/mol. The Hall–Kier alpha value is -0.670. The molecule has 0 fully saturated rings. The van der Waals surface area contributed by atoms with Crippen LogP contribution < -0.4 is 5.73 Å². The lowest BCUT2D eigenvalue weighted by Gasteiger charge is -2.10. The van der Waals surface area contributed by atoms with Crippen LogP contribution in [0.1, 0.15) is 28.4 Å². The van der Waals surface area contributed by atoms with E-state index in [0.717, 1.165) is 15.6 Å². The first-order valence-electron chi connectivity index (χ1n) is 4.50. The summed E-state index contributed by atoms with van der Waals surface area (Å²) in [7, 11) is 0. The molecule has 14 heavy (non-hydrogen) atoms. The lowest BCUT2D eigenvalue weighted by atomic mass is 9.99. The molecule has 1 rings (SSSR count). The van der Waals surface area contributed by atoms with E-state index in [1.54, 1.807) is 6.92 Å². The van der Waals surface area contributed by atoms with Crippen LogP contribution in [-0.2, 0) is 0 Å². The molecule has 76 valence electrons. The highest BCUT2D eigenvalue weighted by atomic mass is 79.9. The third-order valence-corrected chi connectivity index (χ3v) is 3.48. The number of nitrogens with two attached hydrogens (primary N) is 1. The summed E-state index contributed by atoms with van der Waals surface area (Å²) in [6.07, 6.45) is 0. The van der Waals surface area contributed by atoms with E-state index in [-0.39, 0.29) is 5.78 Å². The highest BCUT2D eigenvalue weighted by molar-refractivity contribution is 9.10. The number of carbonyl (C=O) groups excluding carboxylic acids is 1. The van der Waals surface area contributed by atoms with Gasteiger partial charge in [-0.15, -0.1) is 0 Å². The fourth-order valence-corrected chi connectivity index (χ4v) is 1.68. The van der Waals surface area contributed by atoms with Gasteiger partial charge in [-0.05, 0) is 31.9 Å². The highest BCUT2D eigenvalue weighted by Gasteiger charge is 2.15. The lowest BCUT2D eigenvalue weighted by molar-refractivity contribution is 0.0967. The van der Waals surface area contributed by atoms with Gasteiger partial charge in [0.25, 0.3) is 0 Å². The Morgan fingerprint density at radius 1 is 1.43 bits per heavy atom. The van der Waals surface area contributed by atoms with Gasteiger partial charge >= 0.3 is 0 Å². The first-order valence-corrected chi connectivity index (χ1v) is 5.30. The Kier molecular flexibility index (Phi) is 3.45. The quantitative estimate of drug-likeness (QED) is 0.826. The van der Waals surface area contributed by atoms with Gasteiger partial charge in [0, 0.05) is 10.0 Å². The third-order valence-electron chi connectivity index (χ3n) is 2.26. The largest absolute Gasteiger partial charge is 0.321 e. The molecule has 0 heterocycles. The molecular formula is C11H14BrNO. The number of benzene rings is 1. The smallest absolute Gasteiger partial charge is 0.179 e. The Bertz CT molecular complexity index is 372. The van der Waals surface area contributed by atoms with Crippen molar-refractivity contribution < 1.29 is 4.79 Å². The Balaban J connectivity index is 3.24. The second kappa shape index (κ2) is 4.24. The number of hydrogen-bond donors (Lipinski definition) is 1. The molecule has 0 bridgehead atoms. The first-order chi connectivity index (χ1) is 6.45. The van der Waals surface area contributed by atoms with Gasteiger partial charge in [0.05, 0.1) is 6.04 Å². The number of carbonyl (C=O) groups is 1. The molecule has 1 unspecified atom stereocenters. The normalized spacial score (nSPS) is 12.6. The molecular weight excluding hydrogens is 242 g/mol. The van der Waals surface area contributed by atoms with Crippen molar-refractivity contribution in [2.24, 2.45) is 5.73 Å². The first kappa shape index (κ1) is 11.4. The summed E-state index contributed by atoms with van der Waals surface area (Å²) < 4.78 is 0.990. The fraction of sp³-hybridized carbons (Fsp3) is 0.364. The standard InChI is InChI=1S/C11H14BrNO/c1-6-4-5-9(7(2)10(6)12)11(14)8(3)13/h4-5,8H,13H2,1-3H3. The number of ketones is 1. The van der Waals surface area contributed by atoms with E-state index >= 15 is 0 Å². The van der Waals surface area contributed by atoms with E-state index < -0.39 is 6.04 Å². The van der Waals surface area contributed by atoms with Gasteiger partial charge in [-0.1, -0.05) is 28.1 Å². The molecule has 0 saturated heterocycles. The van der Waals surface area contributed by atoms with E-state index in [2.05, 4.69) is 15.9 Å². The summed E-state index contributed by atoms with van der Waals surface area (Å²) in [6, 6.07) is 3.32. The van der Waals surface area contributed by atoms with Crippen molar-refractivity contribution in [3.8, 4) is 0 Å². The maximum atomic E-state index is 11.7. The fourth-order valence-electron chi connectivity index (χ4n) is 1.33. The highest BCUT2D eigenvalue weighted by Crippen LogP contribution is 2.24. The van der Waals surface area contributed by atoms with Gasteiger partial charge in [0.15, 0.2) is 5.78 Å². The molecule has 2 nitrogen and oxygen atoms in total. The zero-order valence-electron chi connectivity index (χ0n) is 8.60. The maximum Gasteiger partial charge on any atom is 0.179 e. The molecule has 3 heteroatoms. The maximum absolute atomic E-state index is 11.7. The minimum atomic E-state index is -0.441. The minimum Gasteiger partial charge on any atom is -0.321 e. The van der Waals surface area contributed by atoms with Crippen molar-refractivity contribution in [3.63, 3.8) is 0 Å². The summed E-state index contributed by atoms with van der Waals surface area (Å²) >= 11 is 3.45. The van der Waals surface area contributed by atoms with Crippen LogP contribution in [-0.4, -0.2) is 11.8 Å². The number of hydrogen-bond acceptors (Lipinski definition) is 2. The lowest BCUT2D eigenvalue weighted by Crippen LogP contribution is -2.27. The second-order valence-electron chi connectivity index (χ2n) is 3.52. The minimum absolute atomic E-state index is 0.0109. The van der Waals surface area contributed by atoms with E-state index in [4.69, 9.17) is 5.73 Å². The summed E-state index contributed by atoms with van der Waals surface area (Å²) in [5.74, 6) is -0.0109. The van der Waals surface area contributed by atoms with E-state index in [9.17, 15) is 4.79 Å². The van der Waals surface area contributed by atoms with Crippen LogP contribution in [0.4, 0.5) is 0 Å². The van der Waals surface area contributed by atoms with Gasteiger partial charge in [-0.2, -0.15) is 0 Å². The zero-order chi connectivity index (χ0) is 10.9. The molecule has 0 aliphatic rings. The average Bonchev–Trinajstić information content (AvgIpc) is 2.13. The summed E-state index contributed by atoms with van der Waals surface area (Å²) in [5, 5.41) is 0. The van der Waals surface area contributed by atoms with Crippen LogP contribution in [0.5, 0.6) is 0 Å².